The summed E-state index contributed by atoms with van der Waals surface area (Å²) in [6.45, 7) is 1.36. The topological polar surface area (TPSA) is 69.8 Å². The van der Waals surface area contributed by atoms with Crippen LogP contribution < -0.4 is 16.3 Å². The van der Waals surface area contributed by atoms with Gasteiger partial charge in [0.25, 0.3) is 0 Å². The smallest absolute Gasteiger partial charge is 0.340 e. The Hall–Kier alpha value is -1.85. The maximum absolute atomic E-state index is 11.4. The van der Waals surface area contributed by atoms with Crippen molar-refractivity contribution < 1.29 is 0 Å². The number of fused-ring (bicyclic) bond motifs is 1. The van der Waals surface area contributed by atoms with Crippen LogP contribution in [0.4, 0.5) is 11.5 Å². The van der Waals surface area contributed by atoms with Gasteiger partial charge in [0.05, 0.1) is 0 Å². The van der Waals surface area contributed by atoms with Crippen molar-refractivity contribution in [2.24, 2.45) is 0 Å². The molecule has 5 nitrogen and oxygen atoms in total. The second-order valence-electron chi connectivity index (χ2n) is 4.09. The number of aromatic nitrogens is 2. The van der Waals surface area contributed by atoms with E-state index in [2.05, 4.69) is 20.6 Å². The number of anilines is 2. The highest BCUT2D eigenvalue weighted by molar-refractivity contribution is 6.30. The van der Waals surface area contributed by atoms with Crippen molar-refractivity contribution in [3.05, 3.63) is 51.0 Å². The number of nitrogens with zero attached hydrogens (tertiary/aromatic N) is 1. The van der Waals surface area contributed by atoms with Crippen molar-refractivity contribution in [3.8, 4) is 0 Å². The molecule has 0 amide bonds. The van der Waals surface area contributed by atoms with Crippen molar-refractivity contribution in [1.82, 2.24) is 15.3 Å². The Kier molecular flexibility index (Phi) is 2.77. The van der Waals surface area contributed by atoms with Crippen molar-refractivity contribution in [3.63, 3.8) is 0 Å². The number of halogens is 1. The lowest BCUT2D eigenvalue weighted by Gasteiger charge is -2.09. The van der Waals surface area contributed by atoms with Crippen LogP contribution in [0.1, 0.15) is 11.3 Å². The van der Waals surface area contributed by atoms with Gasteiger partial charge in [0, 0.05) is 35.1 Å². The predicted molar refractivity (Wildman–Crippen MR) is 70.1 cm³/mol. The van der Waals surface area contributed by atoms with Gasteiger partial charge in [-0.1, -0.05) is 17.7 Å². The van der Waals surface area contributed by atoms with Gasteiger partial charge in [-0.05, 0) is 18.2 Å². The molecule has 18 heavy (non-hydrogen) atoms. The fourth-order valence-electron chi connectivity index (χ4n) is 2.00. The van der Waals surface area contributed by atoms with E-state index in [4.69, 9.17) is 11.6 Å². The van der Waals surface area contributed by atoms with E-state index in [9.17, 15) is 4.79 Å². The standard InChI is InChI=1S/C12H11ClN4O/c13-7-2-1-3-8(4-7)15-11-9-5-14-6-10(9)16-12(18)17-11/h1-4,14H,5-6H2,(H2,15,16,17,18). The zero-order valence-electron chi connectivity index (χ0n) is 9.46. The number of hydrogen-bond acceptors (Lipinski definition) is 4. The average molecular weight is 263 g/mol. The van der Waals surface area contributed by atoms with Crippen LogP contribution in [0.3, 0.4) is 0 Å². The molecule has 1 aliphatic heterocycles. The molecule has 1 aromatic heterocycles. The maximum Gasteiger partial charge on any atom is 0.347 e. The average Bonchev–Trinajstić information content (AvgIpc) is 2.77. The van der Waals surface area contributed by atoms with Gasteiger partial charge in [-0.3, -0.25) is 0 Å². The van der Waals surface area contributed by atoms with Crippen LogP contribution in [-0.4, -0.2) is 9.97 Å². The summed E-state index contributed by atoms with van der Waals surface area (Å²) in [5.74, 6) is 0.584. The number of hydrogen-bond donors (Lipinski definition) is 3. The Morgan fingerprint density at radius 1 is 1.33 bits per heavy atom. The summed E-state index contributed by atoms with van der Waals surface area (Å²) in [5, 5.41) is 6.95. The van der Waals surface area contributed by atoms with Crippen LogP contribution >= 0.6 is 11.6 Å². The van der Waals surface area contributed by atoms with E-state index in [0.29, 0.717) is 23.9 Å². The van der Waals surface area contributed by atoms with Crippen LogP contribution in [0.2, 0.25) is 5.02 Å². The highest BCUT2D eigenvalue weighted by atomic mass is 35.5. The molecule has 3 N–H and O–H groups in total. The van der Waals surface area contributed by atoms with Crippen LogP contribution in [0.5, 0.6) is 0 Å². The van der Waals surface area contributed by atoms with Gasteiger partial charge in [0.2, 0.25) is 0 Å². The van der Waals surface area contributed by atoms with Gasteiger partial charge in [0.15, 0.2) is 0 Å². The first kappa shape index (κ1) is 11.3. The van der Waals surface area contributed by atoms with E-state index in [1.54, 1.807) is 12.1 Å². The molecule has 1 aliphatic rings. The molecule has 0 unspecified atom stereocenters. The minimum atomic E-state index is -0.345. The maximum atomic E-state index is 11.4. The van der Waals surface area contributed by atoms with Crippen LogP contribution in [0.15, 0.2) is 29.1 Å². The summed E-state index contributed by atoms with van der Waals surface area (Å²) < 4.78 is 0. The number of benzene rings is 1. The molecular formula is C12H11ClN4O. The van der Waals surface area contributed by atoms with E-state index in [-0.39, 0.29) is 5.69 Å². The molecule has 2 heterocycles. The normalized spacial score (nSPS) is 13.4. The summed E-state index contributed by atoms with van der Waals surface area (Å²) >= 11 is 5.92. The second-order valence-corrected chi connectivity index (χ2v) is 4.52. The minimum absolute atomic E-state index is 0.345. The monoisotopic (exact) mass is 262 g/mol. The molecular weight excluding hydrogens is 252 g/mol. The van der Waals surface area contributed by atoms with E-state index in [0.717, 1.165) is 16.9 Å². The second kappa shape index (κ2) is 4.44. The molecule has 0 aliphatic carbocycles. The zero-order valence-corrected chi connectivity index (χ0v) is 10.2. The van der Waals surface area contributed by atoms with Gasteiger partial charge in [0.1, 0.15) is 5.82 Å². The Balaban J connectivity index is 2.00. The summed E-state index contributed by atoms with van der Waals surface area (Å²) in [7, 11) is 0. The number of aromatic amines is 1. The summed E-state index contributed by atoms with van der Waals surface area (Å²) in [4.78, 5) is 18.1. The first-order valence-corrected chi connectivity index (χ1v) is 5.95. The van der Waals surface area contributed by atoms with E-state index >= 15 is 0 Å². The lowest BCUT2D eigenvalue weighted by molar-refractivity contribution is 0.757. The highest BCUT2D eigenvalue weighted by Crippen LogP contribution is 2.23. The predicted octanol–water partition coefficient (Wildman–Crippen LogP) is 1.77. The minimum Gasteiger partial charge on any atom is -0.340 e. The third-order valence-electron chi connectivity index (χ3n) is 2.81. The first-order valence-electron chi connectivity index (χ1n) is 5.58. The van der Waals surface area contributed by atoms with E-state index in [1.165, 1.54) is 0 Å². The third-order valence-corrected chi connectivity index (χ3v) is 3.05. The summed E-state index contributed by atoms with van der Waals surface area (Å²) in [5.41, 5.74) is 2.35. The van der Waals surface area contributed by atoms with Crippen molar-refractivity contribution >= 4 is 23.1 Å². The molecule has 0 saturated heterocycles. The third kappa shape index (κ3) is 2.10. The summed E-state index contributed by atoms with van der Waals surface area (Å²) in [6, 6.07) is 7.31. The van der Waals surface area contributed by atoms with E-state index in [1.807, 2.05) is 12.1 Å². The van der Waals surface area contributed by atoms with Crippen molar-refractivity contribution in [2.75, 3.05) is 5.32 Å². The molecule has 0 bridgehead atoms. The van der Waals surface area contributed by atoms with Gasteiger partial charge in [-0.25, -0.2) is 4.79 Å². The van der Waals surface area contributed by atoms with E-state index < -0.39 is 0 Å². The quantitative estimate of drug-likeness (QED) is 0.772. The Labute approximate surface area is 108 Å². The number of H-pyrrole nitrogens is 1. The SMILES string of the molecule is O=c1nc(Nc2cccc(Cl)c2)c2c([nH]1)CNC2. The molecule has 1 aromatic carbocycles. The molecule has 0 saturated carbocycles. The molecule has 0 fully saturated rings. The summed E-state index contributed by atoms with van der Waals surface area (Å²) in [6.07, 6.45) is 0. The molecule has 0 spiro atoms. The van der Waals surface area contributed by atoms with Gasteiger partial charge in [-0.15, -0.1) is 0 Å². The Morgan fingerprint density at radius 3 is 3.06 bits per heavy atom. The zero-order chi connectivity index (χ0) is 12.5. The highest BCUT2D eigenvalue weighted by Gasteiger charge is 2.17. The Bertz CT molecular complexity index is 653. The van der Waals surface area contributed by atoms with Crippen LogP contribution in [-0.2, 0) is 13.1 Å². The number of nitrogens with one attached hydrogen (secondary N) is 3. The fourth-order valence-corrected chi connectivity index (χ4v) is 2.19. The van der Waals surface area contributed by atoms with Crippen LogP contribution in [0.25, 0.3) is 0 Å². The largest absolute Gasteiger partial charge is 0.347 e. The van der Waals surface area contributed by atoms with Gasteiger partial charge < -0.3 is 15.6 Å². The van der Waals surface area contributed by atoms with Crippen LogP contribution in [0, 0.1) is 0 Å². The van der Waals surface area contributed by atoms with Gasteiger partial charge >= 0.3 is 5.69 Å². The molecule has 2 aromatic rings. The Morgan fingerprint density at radius 2 is 2.22 bits per heavy atom. The first-order chi connectivity index (χ1) is 8.72. The lowest BCUT2D eigenvalue weighted by Crippen LogP contribution is -2.16. The molecule has 92 valence electrons. The molecule has 6 heteroatoms. The fraction of sp³-hybridized carbons (Fsp3) is 0.167. The lowest BCUT2D eigenvalue weighted by atomic mass is 10.2. The number of rotatable bonds is 2. The van der Waals surface area contributed by atoms with Crippen molar-refractivity contribution in [2.45, 2.75) is 13.1 Å². The molecule has 3 rings (SSSR count). The molecule has 0 atom stereocenters. The molecule has 0 radical (unpaired) electrons. The van der Waals surface area contributed by atoms with Gasteiger partial charge in [-0.2, -0.15) is 4.98 Å². The van der Waals surface area contributed by atoms with Crippen molar-refractivity contribution in [1.29, 1.82) is 0 Å².